The number of carbonyl (C=O) groups is 1. The monoisotopic (exact) mass is 262 g/mol. The van der Waals surface area contributed by atoms with E-state index in [1.54, 1.807) is 6.20 Å². The van der Waals surface area contributed by atoms with Gasteiger partial charge in [-0.2, -0.15) is 0 Å². The molecular formula is C14H22N4O. The quantitative estimate of drug-likeness (QED) is 0.849. The van der Waals surface area contributed by atoms with Crippen molar-refractivity contribution in [2.24, 2.45) is 0 Å². The maximum atomic E-state index is 12.4. The molecule has 1 amide bonds. The van der Waals surface area contributed by atoms with E-state index in [0.29, 0.717) is 12.6 Å². The van der Waals surface area contributed by atoms with Crippen LogP contribution in [0.25, 0.3) is 0 Å². The largest absolute Gasteiger partial charge is 0.334 e. The lowest BCUT2D eigenvalue weighted by Gasteiger charge is -2.37. The average Bonchev–Trinajstić information content (AvgIpc) is 2.35. The summed E-state index contributed by atoms with van der Waals surface area (Å²) in [5.74, 6) is 0.164. The molecule has 1 saturated heterocycles. The fourth-order valence-corrected chi connectivity index (χ4v) is 2.43. The Balaban J connectivity index is 2.05. The summed E-state index contributed by atoms with van der Waals surface area (Å²) in [6.45, 7) is 4.16. The molecule has 0 aromatic carbocycles. The van der Waals surface area contributed by atoms with Gasteiger partial charge < -0.3 is 15.1 Å². The fourth-order valence-electron chi connectivity index (χ4n) is 2.43. The first-order valence-corrected chi connectivity index (χ1v) is 6.65. The van der Waals surface area contributed by atoms with Crippen LogP contribution in [0.15, 0.2) is 24.4 Å². The van der Waals surface area contributed by atoms with E-state index < -0.39 is 0 Å². The summed E-state index contributed by atoms with van der Waals surface area (Å²) in [5, 5.41) is 3.36. The van der Waals surface area contributed by atoms with Gasteiger partial charge in [-0.3, -0.25) is 9.78 Å². The first-order chi connectivity index (χ1) is 9.06. The summed E-state index contributed by atoms with van der Waals surface area (Å²) < 4.78 is 0. The molecule has 1 aromatic heterocycles. The standard InChI is InChI=1S/C14H22N4O/c1-11-8-18(9-12-6-4-5-7-15-12)14(19)13(16-11)10-17(2)3/h4-7,11,13,16H,8-10H2,1-3H3. The normalized spacial score (nSPS) is 24.0. The van der Waals surface area contributed by atoms with Gasteiger partial charge in [0, 0.05) is 25.3 Å². The highest BCUT2D eigenvalue weighted by Gasteiger charge is 2.32. The third kappa shape index (κ3) is 3.75. The van der Waals surface area contributed by atoms with Crippen molar-refractivity contribution >= 4 is 5.91 Å². The van der Waals surface area contributed by atoms with E-state index in [2.05, 4.69) is 17.2 Å². The highest BCUT2D eigenvalue weighted by molar-refractivity contribution is 5.83. The minimum absolute atomic E-state index is 0.123. The van der Waals surface area contributed by atoms with Gasteiger partial charge in [-0.25, -0.2) is 0 Å². The van der Waals surface area contributed by atoms with Gasteiger partial charge in [-0.1, -0.05) is 6.07 Å². The minimum atomic E-state index is -0.123. The average molecular weight is 262 g/mol. The predicted molar refractivity (Wildman–Crippen MR) is 74.6 cm³/mol. The number of nitrogens with zero attached hydrogens (tertiary/aromatic N) is 3. The Labute approximate surface area is 114 Å². The van der Waals surface area contributed by atoms with E-state index in [9.17, 15) is 4.79 Å². The van der Waals surface area contributed by atoms with Gasteiger partial charge in [0.1, 0.15) is 0 Å². The Bertz CT molecular complexity index is 419. The molecule has 2 atom stereocenters. The van der Waals surface area contributed by atoms with E-state index in [-0.39, 0.29) is 11.9 Å². The zero-order chi connectivity index (χ0) is 13.8. The van der Waals surface area contributed by atoms with Gasteiger partial charge >= 0.3 is 0 Å². The zero-order valence-electron chi connectivity index (χ0n) is 11.8. The van der Waals surface area contributed by atoms with Crippen molar-refractivity contribution in [1.29, 1.82) is 0 Å². The number of amides is 1. The van der Waals surface area contributed by atoms with Crippen LogP contribution in [-0.4, -0.2) is 60.0 Å². The van der Waals surface area contributed by atoms with Crippen LogP contribution in [-0.2, 0) is 11.3 Å². The molecule has 0 spiro atoms. The third-order valence-electron chi connectivity index (χ3n) is 3.22. The molecule has 1 aliphatic rings. The number of hydrogen-bond donors (Lipinski definition) is 1. The number of likely N-dealkylation sites (N-methyl/N-ethyl adjacent to an activating group) is 1. The maximum absolute atomic E-state index is 12.4. The number of rotatable bonds is 4. The van der Waals surface area contributed by atoms with E-state index in [0.717, 1.165) is 18.8 Å². The predicted octanol–water partition coefficient (Wildman–Crippen LogP) is 0.332. The molecule has 1 fully saturated rings. The second kappa shape index (κ2) is 6.12. The van der Waals surface area contributed by atoms with Crippen LogP contribution in [0, 0.1) is 0 Å². The molecule has 2 rings (SSSR count). The van der Waals surface area contributed by atoms with Crippen LogP contribution in [0.2, 0.25) is 0 Å². The molecule has 5 heteroatoms. The van der Waals surface area contributed by atoms with Crippen LogP contribution in [0.5, 0.6) is 0 Å². The summed E-state index contributed by atoms with van der Waals surface area (Å²) in [6, 6.07) is 5.99. The maximum Gasteiger partial charge on any atom is 0.241 e. The van der Waals surface area contributed by atoms with Gasteiger partial charge in [-0.15, -0.1) is 0 Å². The van der Waals surface area contributed by atoms with E-state index in [1.165, 1.54) is 0 Å². The Morgan fingerprint density at radius 2 is 2.26 bits per heavy atom. The van der Waals surface area contributed by atoms with Gasteiger partial charge in [0.25, 0.3) is 0 Å². The van der Waals surface area contributed by atoms with Crippen molar-refractivity contribution in [2.45, 2.75) is 25.6 Å². The van der Waals surface area contributed by atoms with E-state index in [1.807, 2.05) is 42.1 Å². The van der Waals surface area contributed by atoms with Crippen molar-refractivity contribution in [3.8, 4) is 0 Å². The molecule has 1 aromatic rings. The van der Waals surface area contributed by atoms with Crippen molar-refractivity contribution in [3.63, 3.8) is 0 Å². The Kier molecular flexibility index (Phi) is 4.50. The molecule has 1 N–H and O–H groups in total. The molecule has 104 valence electrons. The SMILES string of the molecule is CC1CN(Cc2ccccn2)C(=O)C(CN(C)C)N1. The van der Waals surface area contributed by atoms with Crippen molar-refractivity contribution in [3.05, 3.63) is 30.1 Å². The van der Waals surface area contributed by atoms with Crippen molar-refractivity contribution < 1.29 is 4.79 Å². The molecule has 2 heterocycles. The Morgan fingerprint density at radius 3 is 2.89 bits per heavy atom. The number of hydrogen-bond acceptors (Lipinski definition) is 4. The lowest BCUT2D eigenvalue weighted by Crippen LogP contribution is -2.61. The van der Waals surface area contributed by atoms with Gasteiger partial charge in [0.2, 0.25) is 5.91 Å². The molecule has 1 aliphatic heterocycles. The first kappa shape index (κ1) is 14.0. The van der Waals surface area contributed by atoms with E-state index in [4.69, 9.17) is 0 Å². The lowest BCUT2D eigenvalue weighted by molar-refractivity contribution is -0.138. The smallest absolute Gasteiger partial charge is 0.241 e. The van der Waals surface area contributed by atoms with Gasteiger partial charge in [0.05, 0.1) is 18.3 Å². The summed E-state index contributed by atoms with van der Waals surface area (Å²) in [5.41, 5.74) is 0.938. The summed E-state index contributed by atoms with van der Waals surface area (Å²) in [7, 11) is 3.97. The number of nitrogens with one attached hydrogen (secondary N) is 1. The number of aromatic nitrogens is 1. The highest BCUT2D eigenvalue weighted by Crippen LogP contribution is 2.10. The topological polar surface area (TPSA) is 48.5 Å². The molecule has 0 aliphatic carbocycles. The van der Waals surface area contributed by atoms with Gasteiger partial charge in [0.15, 0.2) is 0 Å². The Hall–Kier alpha value is -1.46. The van der Waals surface area contributed by atoms with E-state index >= 15 is 0 Å². The van der Waals surface area contributed by atoms with Crippen LogP contribution in [0.1, 0.15) is 12.6 Å². The summed E-state index contributed by atoms with van der Waals surface area (Å²) in [6.07, 6.45) is 1.77. The summed E-state index contributed by atoms with van der Waals surface area (Å²) in [4.78, 5) is 20.6. The first-order valence-electron chi connectivity index (χ1n) is 6.65. The van der Waals surface area contributed by atoms with Crippen LogP contribution < -0.4 is 5.32 Å². The van der Waals surface area contributed by atoms with Crippen LogP contribution >= 0.6 is 0 Å². The molecule has 0 radical (unpaired) electrons. The molecular weight excluding hydrogens is 240 g/mol. The van der Waals surface area contributed by atoms with Gasteiger partial charge in [-0.05, 0) is 33.2 Å². The van der Waals surface area contributed by atoms with Crippen molar-refractivity contribution in [2.75, 3.05) is 27.2 Å². The zero-order valence-corrected chi connectivity index (χ0v) is 11.8. The Morgan fingerprint density at radius 1 is 1.47 bits per heavy atom. The minimum Gasteiger partial charge on any atom is -0.334 e. The number of piperazine rings is 1. The molecule has 19 heavy (non-hydrogen) atoms. The lowest BCUT2D eigenvalue weighted by atomic mass is 10.1. The fraction of sp³-hybridized carbons (Fsp3) is 0.571. The van der Waals surface area contributed by atoms with Crippen LogP contribution in [0.3, 0.4) is 0 Å². The molecule has 2 unspecified atom stereocenters. The number of carbonyl (C=O) groups excluding carboxylic acids is 1. The molecule has 0 saturated carbocycles. The van der Waals surface area contributed by atoms with Crippen LogP contribution in [0.4, 0.5) is 0 Å². The second-order valence-corrected chi connectivity index (χ2v) is 5.42. The molecule has 0 bridgehead atoms. The second-order valence-electron chi connectivity index (χ2n) is 5.42. The number of pyridine rings is 1. The third-order valence-corrected chi connectivity index (χ3v) is 3.22. The molecule has 5 nitrogen and oxygen atoms in total. The summed E-state index contributed by atoms with van der Waals surface area (Å²) >= 11 is 0. The highest BCUT2D eigenvalue weighted by atomic mass is 16.2. The van der Waals surface area contributed by atoms with Crippen molar-refractivity contribution in [1.82, 2.24) is 20.1 Å².